The fraction of sp³-hybridized carbons (Fsp3) is 0.208. The van der Waals surface area contributed by atoms with Crippen molar-refractivity contribution in [2.45, 2.75) is 20.3 Å². The van der Waals surface area contributed by atoms with Gasteiger partial charge in [-0.3, -0.25) is 15.1 Å². The van der Waals surface area contributed by atoms with Gasteiger partial charge >= 0.3 is 5.97 Å². The molecule has 0 bridgehead atoms. The van der Waals surface area contributed by atoms with Gasteiger partial charge in [-0.2, -0.15) is 0 Å². The standard InChI is InChI=1S/C24H25NO4S/c1-3-21(18-9-11-19(12-10-18)23-8-5-15-30-23)25-29-14-13-28-22-7-4-6-20(17(22)2)16-24(26)27/h3-12,15,25H,13-14,16H2,1-2H3,(H,26,27). The number of carboxylic acids is 1. The Balaban J connectivity index is 1.48. The van der Waals surface area contributed by atoms with Crippen LogP contribution in [0.2, 0.25) is 0 Å². The minimum absolute atomic E-state index is 0.0168. The number of hydrogen-bond donors (Lipinski definition) is 2. The number of carboxylic acid groups (broad SMARTS) is 1. The van der Waals surface area contributed by atoms with Gasteiger partial charge in [0.2, 0.25) is 0 Å². The Morgan fingerprint density at radius 2 is 1.90 bits per heavy atom. The van der Waals surface area contributed by atoms with Crippen molar-refractivity contribution in [2.24, 2.45) is 0 Å². The van der Waals surface area contributed by atoms with Crippen molar-refractivity contribution in [1.82, 2.24) is 5.48 Å². The second kappa shape index (κ2) is 10.6. The number of thiophene rings is 1. The number of hydroxylamine groups is 1. The molecule has 0 aliphatic heterocycles. The number of allylic oxidation sites excluding steroid dienone is 1. The number of rotatable bonds is 10. The van der Waals surface area contributed by atoms with Crippen molar-refractivity contribution in [2.75, 3.05) is 13.2 Å². The molecular weight excluding hydrogens is 398 g/mol. The third kappa shape index (κ3) is 5.72. The SMILES string of the molecule is CC=C(NOCCOc1cccc(CC(=O)O)c1C)c1ccc(-c2cccs2)cc1. The zero-order valence-corrected chi connectivity index (χ0v) is 17.9. The van der Waals surface area contributed by atoms with E-state index in [0.29, 0.717) is 19.0 Å². The average molecular weight is 424 g/mol. The number of nitrogens with one attached hydrogen (secondary N) is 1. The highest BCUT2D eigenvalue weighted by atomic mass is 32.1. The zero-order chi connectivity index (χ0) is 21.3. The Morgan fingerprint density at radius 1 is 1.10 bits per heavy atom. The van der Waals surface area contributed by atoms with Crippen LogP contribution in [0.15, 0.2) is 66.1 Å². The first-order valence-corrected chi connectivity index (χ1v) is 10.6. The van der Waals surface area contributed by atoms with Crippen molar-refractivity contribution in [3.8, 4) is 16.2 Å². The monoisotopic (exact) mass is 423 g/mol. The van der Waals surface area contributed by atoms with E-state index < -0.39 is 5.97 Å². The molecule has 0 aliphatic rings. The van der Waals surface area contributed by atoms with Gasteiger partial charge in [0.25, 0.3) is 0 Å². The quantitative estimate of drug-likeness (QED) is 0.342. The predicted octanol–water partition coefficient (Wildman–Crippen LogP) is 5.31. The van der Waals surface area contributed by atoms with Gasteiger partial charge < -0.3 is 9.84 Å². The number of aliphatic carboxylic acids is 1. The smallest absolute Gasteiger partial charge is 0.307 e. The van der Waals surface area contributed by atoms with Crippen LogP contribution in [0.3, 0.4) is 0 Å². The summed E-state index contributed by atoms with van der Waals surface area (Å²) in [4.78, 5) is 17.8. The van der Waals surface area contributed by atoms with E-state index in [4.69, 9.17) is 14.7 Å². The van der Waals surface area contributed by atoms with E-state index in [1.807, 2.05) is 32.1 Å². The first kappa shape index (κ1) is 21.6. The summed E-state index contributed by atoms with van der Waals surface area (Å²) in [5.41, 5.74) is 7.69. The lowest BCUT2D eigenvalue weighted by Gasteiger charge is -2.14. The molecule has 156 valence electrons. The molecule has 0 fully saturated rings. The molecule has 5 nitrogen and oxygen atoms in total. The summed E-state index contributed by atoms with van der Waals surface area (Å²) in [6, 6.07) is 17.9. The van der Waals surface area contributed by atoms with E-state index in [2.05, 4.69) is 41.2 Å². The van der Waals surface area contributed by atoms with Gasteiger partial charge in [-0.1, -0.05) is 48.5 Å². The second-order valence-corrected chi connectivity index (χ2v) is 7.61. The van der Waals surface area contributed by atoms with Crippen LogP contribution in [0, 0.1) is 6.92 Å². The summed E-state index contributed by atoms with van der Waals surface area (Å²) in [6.07, 6.45) is 1.94. The molecule has 2 aromatic carbocycles. The molecule has 0 unspecified atom stereocenters. The topological polar surface area (TPSA) is 67.8 Å². The van der Waals surface area contributed by atoms with Crippen molar-refractivity contribution < 1.29 is 19.5 Å². The lowest BCUT2D eigenvalue weighted by molar-refractivity contribution is -0.136. The molecule has 0 spiro atoms. The van der Waals surface area contributed by atoms with E-state index in [0.717, 1.165) is 22.4 Å². The van der Waals surface area contributed by atoms with Gasteiger partial charge in [-0.25, -0.2) is 0 Å². The highest BCUT2D eigenvalue weighted by Gasteiger charge is 2.08. The third-order valence-corrected chi connectivity index (χ3v) is 5.57. The van der Waals surface area contributed by atoms with Gasteiger partial charge in [-0.15, -0.1) is 11.3 Å². The van der Waals surface area contributed by atoms with Crippen LogP contribution in [-0.4, -0.2) is 24.3 Å². The van der Waals surface area contributed by atoms with E-state index in [-0.39, 0.29) is 6.42 Å². The molecule has 2 N–H and O–H groups in total. The maximum absolute atomic E-state index is 10.9. The molecule has 6 heteroatoms. The van der Waals surface area contributed by atoms with Crippen molar-refractivity contribution in [1.29, 1.82) is 0 Å². The first-order valence-electron chi connectivity index (χ1n) is 9.70. The Morgan fingerprint density at radius 3 is 2.57 bits per heavy atom. The van der Waals surface area contributed by atoms with Crippen LogP contribution < -0.4 is 10.2 Å². The summed E-state index contributed by atoms with van der Waals surface area (Å²) in [5, 5.41) is 11.1. The molecule has 3 aromatic rings. The predicted molar refractivity (Wildman–Crippen MR) is 121 cm³/mol. The van der Waals surface area contributed by atoms with Crippen LogP contribution in [0.5, 0.6) is 5.75 Å². The van der Waals surface area contributed by atoms with Crippen molar-refractivity contribution in [3.63, 3.8) is 0 Å². The molecule has 0 aliphatic carbocycles. The van der Waals surface area contributed by atoms with Gasteiger partial charge in [-0.05, 0) is 53.6 Å². The maximum Gasteiger partial charge on any atom is 0.307 e. The molecule has 0 atom stereocenters. The highest BCUT2D eigenvalue weighted by molar-refractivity contribution is 7.13. The Bertz CT molecular complexity index is 995. The second-order valence-electron chi connectivity index (χ2n) is 6.67. The lowest BCUT2D eigenvalue weighted by atomic mass is 10.1. The minimum atomic E-state index is -0.856. The maximum atomic E-state index is 10.9. The van der Waals surface area contributed by atoms with Gasteiger partial charge in [0.1, 0.15) is 19.0 Å². The largest absolute Gasteiger partial charge is 0.491 e. The lowest BCUT2D eigenvalue weighted by Crippen LogP contribution is -2.18. The molecule has 1 aromatic heterocycles. The normalized spacial score (nSPS) is 11.3. The van der Waals surface area contributed by atoms with Crippen LogP contribution in [0.4, 0.5) is 0 Å². The fourth-order valence-electron chi connectivity index (χ4n) is 3.03. The zero-order valence-electron chi connectivity index (χ0n) is 17.1. The summed E-state index contributed by atoms with van der Waals surface area (Å²) in [7, 11) is 0. The number of benzene rings is 2. The first-order chi connectivity index (χ1) is 14.6. The molecule has 0 amide bonds. The third-order valence-electron chi connectivity index (χ3n) is 4.65. The highest BCUT2D eigenvalue weighted by Crippen LogP contribution is 2.26. The molecular formula is C24H25NO4S. The van der Waals surface area contributed by atoms with Crippen LogP contribution in [0.25, 0.3) is 16.1 Å². The summed E-state index contributed by atoms with van der Waals surface area (Å²) in [6.45, 7) is 4.50. The van der Waals surface area contributed by atoms with Gasteiger partial charge in [0.15, 0.2) is 0 Å². The van der Waals surface area contributed by atoms with E-state index in [9.17, 15) is 4.79 Å². The molecule has 0 saturated heterocycles. The summed E-state index contributed by atoms with van der Waals surface area (Å²) in [5.74, 6) is -0.183. The van der Waals surface area contributed by atoms with E-state index in [1.54, 1.807) is 23.5 Å². The molecule has 3 rings (SSSR count). The fourth-order valence-corrected chi connectivity index (χ4v) is 3.77. The van der Waals surface area contributed by atoms with E-state index >= 15 is 0 Å². The van der Waals surface area contributed by atoms with E-state index in [1.165, 1.54) is 10.4 Å². The Hall–Kier alpha value is -3.09. The average Bonchev–Trinajstić information content (AvgIpc) is 3.28. The van der Waals surface area contributed by atoms with Crippen molar-refractivity contribution >= 4 is 23.0 Å². The van der Waals surface area contributed by atoms with Crippen LogP contribution >= 0.6 is 11.3 Å². The molecule has 0 radical (unpaired) electrons. The molecule has 30 heavy (non-hydrogen) atoms. The Kier molecular flexibility index (Phi) is 7.65. The van der Waals surface area contributed by atoms with Crippen LogP contribution in [0.1, 0.15) is 23.6 Å². The summed E-state index contributed by atoms with van der Waals surface area (Å²) >= 11 is 1.72. The number of ether oxygens (including phenoxy) is 1. The number of hydrogen-bond acceptors (Lipinski definition) is 5. The molecule has 0 saturated carbocycles. The van der Waals surface area contributed by atoms with Crippen LogP contribution in [-0.2, 0) is 16.1 Å². The number of carbonyl (C=O) groups is 1. The molecule has 1 heterocycles. The van der Waals surface area contributed by atoms with Crippen molar-refractivity contribution in [3.05, 3.63) is 82.7 Å². The minimum Gasteiger partial charge on any atom is -0.491 e. The Labute approximate surface area is 180 Å². The summed E-state index contributed by atoms with van der Waals surface area (Å²) < 4.78 is 5.76. The van der Waals surface area contributed by atoms with Gasteiger partial charge in [0.05, 0.1) is 12.1 Å². The van der Waals surface area contributed by atoms with Gasteiger partial charge in [0, 0.05) is 4.88 Å².